The Hall–Kier alpha value is -1.42. The number of hydrogen-bond acceptors (Lipinski definition) is 3. The summed E-state index contributed by atoms with van der Waals surface area (Å²) in [7, 11) is 4.29. The van der Waals surface area contributed by atoms with Gasteiger partial charge in [-0.15, -0.1) is 0 Å². The van der Waals surface area contributed by atoms with Gasteiger partial charge in [-0.3, -0.25) is 4.90 Å². The minimum absolute atomic E-state index is 0.586. The Morgan fingerprint density at radius 3 is 2.83 bits per heavy atom. The van der Waals surface area contributed by atoms with Crippen LogP contribution in [0.5, 0.6) is 0 Å². The first-order chi connectivity index (χ1) is 11.1. The molecular weight excluding hydrogens is 284 g/mol. The van der Waals surface area contributed by atoms with Crippen molar-refractivity contribution in [1.82, 2.24) is 9.80 Å². The Bertz CT molecular complexity index is 653. The number of fused-ring (bicyclic) bond motifs is 1. The largest absolute Gasteiger partial charge is 0.380 e. The maximum atomic E-state index is 5.83. The van der Waals surface area contributed by atoms with Gasteiger partial charge in [0, 0.05) is 32.1 Å². The molecule has 2 aromatic rings. The van der Waals surface area contributed by atoms with E-state index in [0.717, 1.165) is 39.4 Å². The Morgan fingerprint density at radius 1 is 1.17 bits per heavy atom. The first-order valence-corrected chi connectivity index (χ1v) is 8.55. The standard InChI is InChI=1S/C20H28N2O/c1-16-8-9-18-6-4-5-7-19(18)20(16)14-22-10-11-23-15-17(13-22)12-21(2)3/h4-9,17H,10-15H2,1-3H3/t17-/m0/s1. The number of benzene rings is 2. The highest BCUT2D eigenvalue weighted by atomic mass is 16.5. The zero-order valence-electron chi connectivity index (χ0n) is 14.6. The van der Waals surface area contributed by atoms with Crippen molar-refractivity contribution in [3.63, 3.8) is 0 Å². The summed E-state index contributed by atoms with van der Waals surface area (Å²) in [5, 5.41) is 2.73. The van der Waals surface area contributed by atoms with Gasteiger partial charge >= 0.3 is 0 Å². The molecule has 23 heavy (non-hydrogen) atoms. The van der Waals surface area contributed by atoms with E-state index in [4.69, 9.17) is 4.74 Å². The molecule has 0 aromatic heterocycles. The molecule has 0 unspecified atom stereocenters. The first-order valence-electron chi connectivity index (χ1n) is 8.55. The van der Waals surface area contributed by atoms with E-state index in [1.165, 1.54) is 21.9 Å². The van der Waals surface area contributed by atoms with Gasteiger partial charge in [0.15, 0.2) is 0 Å². The maximum absolute atomic E-state index is 5.83. The van der Waals surface area contributed by atoms with E-state index in [9.17, 15) is 0 Å². The third kappa shape index (κ3) is 4.11. The van der Waals surface area contributed by atoms with Gasteiger partial charge in [0.2, 0.25) is 0 Å². The maximum Gasteiger partial charge on any atom is 0.0593 e. The number of aryl methyl sites for hydroxylation is 1. The fourth-order valence-electron chi connectivity index (χ4n) is 3.60. The lowest BCUT2D eigenvalue weighted by molar-refractivity contribution is 0.112. The molecule has 3 rings (SSSR count). The van der Waals surface area contributed by atoms with Crippen molar-refractivity contribution in [3.8, 4) is 0 Å². The van der Waals surface area contributed by atoms with Gasteiger partial charge in [0.05, 0.1) is 13.2 Å². The molecule has 0 N–H and O–H groups in total. The van der Waals surface area contributed by atoms with Crippen LogP contribution in [0.4, 0.5) is 0 Å². The molecule has 1 aliphatic heterocycles. The molecule has 124 valence electrons. The van der Waals surface area contributed by atoms with E-state index in [2.05, 4.69) is 67.2 Å². The third-order valence-electron chi connectivity index (χ3n) is 4.70. The third-order valence-corrected chi connectivity index (χ3v) is 4.70. The second kappa shape index (κ2) is 7.43. The molecular formula is C20H28N2O. The summed E-state index contributed by atoms with van der Waals surface area (Å²) >= 11 is 0. The lowest BCUT2D eigenvalue weighted by atomic mass is 9.99. The fourth-order valence-corrected chi connectivity index (χ4v) is 3.60. The summed E-state index contributed by atoms with van der Waals surface area (Å²) in [6, 6.07) is 13.2. The van der Waals surface area contributed by atoms with Gasteiger partial charge in [-0.1, -0.05) is 36.4 Å². The Kier molecular flexibility index (Phi) is 5.31. The molecule has 0 saturated carbocycles. The molecule has 1 heterocycles. The van der Waals surface area contributed by atoms with Gasteiger partial charge in [0.25, 0.3) is 0 Å². The van der Waals surface area contributed by atoms with Crippen LogP contribution in [0.3, 0.4) is 0 Å². The monoisotopic (exact) mass is 312 g/mol. The van der Waals surface area contributed by atoms with Gasteiger partial charge in [0.1, 0.15) is 0 Å². The second-order valence-electron chi connectivity index (χ2n) is 7.02. The molecule has 0 amide bonds. The average Bonchev–Trinajstić information content (AvgIpc) is 2.74. The molecule has 1 atom stereocenters. The topological polar surface area (TPSA) is 15.7 Å². The van der Waals surface area contributed by atoms with E-state index in [1.54, 1.807) is 0 Å². The van der Waals surface area contributed by atoms with Crippen LogP contribution in [0.2, 0.25) is 0 Å². The summed E-state index contributed by atoms with van der Waals surface area (Å²) in [6.07, 6.45) is 0. The minimum Gasteiger partial charge on any atom is -0.380 e. The van der Waals surface area contributed by atoms with Crippen molar-refractivity contribution in [2.75, 3.05) is 46.9 Å². The summed E-state index contributed by atoms with van der Waals surface area (Å²) in [5.41, 5.74) is 2.85. The lowest BCUT2D eigenvalue weighted by Crippen LogP contribution is -2.34. The fraction of sp³-hybridized carbons (Fsp3) is 0.500. The highest BCUT2D eigenvalue weighted by Gasteiger charge is 2.20. The number of nitrogens with zero attached hydrogens (tertiary/aromatic N) is 2. The minimum atomic E-state index is 0.586. The van der Waals surface area contributed by atoms with Gasteiger partial charge in [-0.05, 0) is 42.9 Å². The molecule has 1 aliphatic rings. The van der Waals surface area contributed by atoms with Crippen LogP contribution >= 0.6 is 0 Å². The number of ether oxygens (including phenoxy) is 1. The Balaban J connectivity index is 1.81. The van der Waals surface area contributed by atoms with E-state index >= 15 is 0 Å². The van der Waals surface area contributed by atoms with Crippen molar-refractivity contribution >= 4 is 10.8 Å². The molecule has 0 spiro atoms. The van der Waals surface area contributed by atoms with Gasteiger partial charge < -0.3 is 9.64 Å². The van der Waals surface area contributed by atoms with Crippen LogP contribution in [-0.2, 0) is 11.3 Å². The molecule has 0 aliphatic carbocycles. The first kappa shape index (κ1) is 16.4. The van der Waals surface area contributed by atoms with E-state index in [0.29, 0.717) is 5.92 Å². The van der Waals surface area contributed by atoms with Gasteiger partial charge in [-0.2, -0.15) is 0 Å². The summed E-state index contributed by atoms with van der Waals surface area (Å²) in [4.78, 5) is 4.83. The second-order valence-corrected chi connectivity index (χ2v) is 7.02. The SMILES string of the molecule is Cc1ccc2ccccc2c1CN1CCOC[C@@H](CN(C)C)C1. The van der Waals surface area contributed by atoms with Crippen LogP contribution < -0.4 is 0 Å². The van der Waals surface area contributed by atoms with Crippen molar-refractivity contribution in [2.24, 2.45) is 5.92 Å². The number of hydrogen-bond donors (Lipinski definition) is 0. The highest BCUT2D eigenvalue weighted by molar-refractivity contribution is 5.86. The van der Waals surface area contributed by atoms with Crippen molar-refractivity contribution in [1.29, 1.82) is 0 Å². The van der Waals surface area contributed by atoms with Gasteiger partial charge in [-0.25, -0.2) is 0 Å². The molecule has 0 bridgehead atoms. The van der Waals surface area contributed by atoms with E-state index in [-0.39, 0.29) is 0 Å². The highest BCUT2D eigenvalue weighted by Crippen LogP contribution is 2.24. The molecule has 3 nitrogen and oxygen atoms in total. The Morgan fingerprint density at radius 2 is 2.00 bits per heavy atom. The van der Waals surface area contributed by atoms with Crippen molar-refractivity contribution in [2.45, 2.75) is 13.5 Å². The zero-order valence-corrected chi connectivity index (χ0v) is 14.6. The van der Waals surface area contributed by atoms with Crippen molar-refractivity contribution < 1.29 is 4.74 Å². The summed E-state index contributed by atoms with van der Waals surface area (Å²) < 4.78 is 5.83. The Labute approximate surface area is 139 Å². The zero-order chi connectivity index (χ0) is 16.2. The summed E-state index contributed by atoms with van der Waals surface area (Å²) in [5.74, 6) is 0.586. The van der Waals surface area contributed by atoms with E-state index in [1.807, 2.05) is 0 Å². The van der Waals surface area contributed by atoms with Crippen LogP contribution in [0.1, 0.15) is 11.1 Å². The average molecular weight is 312 g/mol. The predicted octanol–water partition coefficient (Wildman–Crippen LogP) is 3.16. The van der Waals surface area contributed by atoms with Crippen LogP contribution in [0, 0.1) is 12.8 Å². The normalized spacial score (nSPS) is 20.1. The van der Waals surface area contributed by atoms with Crippen LogP contribution in [0.25, 0.3) is 10.8 Å². The molecule has 0 radical (unpaired) electrons. The quantitative estimate of drug-likeness (QED) is 0.862. The van der Waals surface area contributed by atoms with E-state index < -0.39 is 0 Å². The lowest BCUT2D eigenvalue weighted by Gasteiger charge is -2.26. The van der Waals surface area contributed by atoms with Crippen LogP contribution in [0.15, 0.2) is 36.4 Å². The molecule has 2 aromatic carbocycles. The molecule has 1 fully saturated rings. The van der Waals surface area contributed by atoms with Crippen molar-refractivity contribution in [3.05, 3.63) is 47.5 Å². The summed E-state index contributed by atoms with van der Waals surface area (Å²) in [6.45, 7) is 8.18. The smallest absolute Gasteiger partial charge is 0.0593 e. The molecule has 3 heteroatoms. The number of rotatable bonds is 4. The predicted molar refractivity (Wildman–Crippen MR) is 96.8 cm³/mol. The van der Waals surface area contributed by atoms with Crippen LogP contribution in [-0.4, -0.2) is 56.7 Å². The molecule has 1 saturated heterocycles.